The maximum absolute atomic E-state index is 5.42. The molecule has 0 unspecified atom stereocenters. The highest BCUT2D eigenvalue weighted by atomic mass is 16.5. The largest absolute Gasteiger partial charge is 0.383 e. The molecule has 0 aliphatic heterocycles. The predicted octanol–water partition coefficient (Wildman–Crippen LogP) is 3.64. The second-order valence-corrected chi connectivity index (χ2v) is 4.50. The average Bonchev–Trinajstić information content (AvgIpc) is 2.41. The van der Waals surface area contributed by atoms with Gasteiger partial charge in [-0.1, -0.05) is 60.7 Å². The van der Waals surface area contributed by atoms with Crippen LogP contribution in [-0.2, 0) is 10.2 Å². The molecule has 0 saturated heterocycles. The summed E-state index contributed by atoms with van der Waals surface area (Å²) >= 11 is 0. The first-order valence-corrected chi connectivity index (χ1v) is 5.87. The van der Waals surface area contributed by atoms with Crippen molar-refractivity contribution >= 4 is 0 Å². The number of methoxy groups -OCH3 is 1. The first kappa shape index (κ1) is 11.9. The molecule has 1 nitrogen and oxygen atoms in total. The van der Waals surface area contributed by atoms with Crippen molar-refractivity contribution in [2.24, 2.45) is 0 Å². The lowest BCUT2D eigenvalue weighted by Crippen LogP contribution is -2.29. The van der Waals surface area contributed by atoms with Crippen molar-refractivity contribution < 1.29 is 4.74 Å². The van der Waals surface area contributed by atoms with Crippen LogP contribution in [0.15, 0.2) is 60.7 Å². The normalized spacial score (nSPS) is 11.4. The standard InChI is InChI=1S/C16H18O/c1-16(13-17-2,14-9-5-3-6-10-14)15-11-7-4-8-12-15/h3-12H,13H2,1-2H3. The molecule has 0 heterocycles. The van der Waals surface area contributed by atoms with Gasteiger partial charge in [0.2, 0.25) is 0 Å². The zero-order chi connectivity index (χ0) is 12.1. The Morgan fingerprint density at radius 2 is 1.24 bits per heavy atom. The van der Waals surface area contributed by atoms with Crippen molar-refractivity contribution in [3.8, 4) is 0 Å². The average molecular weight is 226 g/mol. The third kappa shape index (κ3) is 2.40. The van der Waals surface area contributed by atoms with Gasteiger partial charge in [0.15, 0.2) is 0 Å². The Kier molecular flexibility index (Phi) is 3.60. The van der Waals surface area contributed by atoms with E-state index in [1.807, 2.05) is 12.1 Å². The Labute approximate surface area is 103 Å². The van der Waals surface area contributed by atoms with E-state index in [2.05, 4.69) is 55.5 Å². The van der Waals surface area contributed by atoms with E-state index in [4.69, 9.17) is 4.74 Å². The Morgan fingerprint density at radius 1 is 0.824 bits per heavy atom. The van der Waals surface area contributed by atoms with E-state index < -0.39 is 0 Å². The van der Waals surface area contributed by atoms with Gasteiger partial charge < -0.3 is 4.74 Å². The van der Waals surface area contributed by atoms with Crippen LogP contribution < -0.4 is 0 Å². The summed E-state index contributed by atoms with van der Waals surface area (Å²) in [6.45, 7) is 2.90. The molecule has 0 atom stereocenters. The second kappa shape index (κ2) is 5.15. The van der Waals surface area contributed by atoms with Crippen LogP contribution in [0.25, 0.3) is 0 Å². The summed E-state index contributed by atoms with van der Waals surface area (Å²) in [7, 11) is 1.75. The maximum atomic E-state index is 5.42. The summed E-state index contributed by atoms with van der Waals surface area (Å²) < 4.78 is 5.42. The first-order valence-electron chi connectivity index (χ1n) is 5.87. The zero-order valence-electron chi connectivity index (χ0n) is 10.4. The van der Waals surface area contributed by atoms with Gasteiger partial charge in [-0.15, -0.1) is 0 Å². The van der Waals surface area contributed by atoms with E-state index in [1.165, 1.54) is 11.1 Å². The van der Waals surface area contributed by atoms with Gasteiger partial charge in [-0.2, -0.15) is 0 Å². The highest BCUT2D eigenvalue weighted by Crippen LogP contribution is 2.31. The quantitative estimate of drug-likeness (QED) is 0.773. The van der Waals surface area contributed by atoms with Crippen LogP contribution in [0, 0.1) is 0 Å². The SMILES string of the molecule is COCC(C)(c1ccccc1)c1ccccc1. The molecule has 0 aromatic heterocycles. The Balaban J connectivity index is 2.47. The topological polar surface area (TPSA) is 9.23 Å². The Bertz CT molecular complexity index is 408. The minimum Gasteiger partial charge on any atom is -0.383 e. The molecule has 0 saturated carbocycles. The number of hydrogen-bond donors (Lipinski definition) is 0. The van der Waals surface area contributed by atoms with Gasteiger partial charge in [-0.3, -0.25) is 0 Å². The first-order chi connectivity index (χ1) is 8.27. The fourth-order valence-corrected chi connectivity index (χ4v) is 2.23. The van der Waals surface area contributed by atoms with Gasteiger partial charge in [0.25, 0.3) is 0 Å². The predicted molar refractivity (Wildman–Crippen MR) is 71.2 cm³/mol. The molecule has 0 bridgehead atoms. The van der Waals surface area contributed by atoms with Crippen molar-refractivity contribution in [3.63, 3.8) is 0 Å². The summed E-state index contributed by atoms with van der Waals surface area (Å²) in [4.78, 5) is 0. The molecule has 0 aliphatic rings. The summed E-state index contributed by atoms with van der Waals surface area (Å²) in [5, 5.41) is 0. The number of rotatable bonds is 4. The monoisotopic (exact) mass is 226 g/mol. The number of hydrogen-bond acceptors (Lipinski definition) is 1. The molecule has 2 aromatic rings. The Hall–Kier alpha value is -1.60. The molecule has 88 valence electrons. The second-order valence-electron chi connectivity index (χ2n) is 4.50. The fourth-order valence-electron chi connectivity index (χ4n) is 2.23. The van der Waals surface area contributed by atoms with Crippen LogP contribution in [0.1, 0.15) is 18.1 Å². The fraction of sp³-hybridized carbons (Fsp3) is 0.250. The van der Waals surface area contributed by atoms with Crippen molar-refractivity contribution in [1.82, 2.24) is 0 Å². The highest BCUT2D eigenvalue weighted by molar-refractivity contribution is 5.38. The van der Waals surface area contributed by atoms with E-state index in [0.29, 0.717) is 6.61 Å². The van der Waals surface area contributed by atoms with Gasteiger partial charge >= 0.3 is 0 Å². The Morgan fingerprint density at radius 3 is 1.59 bits per heavy atom. The molecule has 0 fully saturated rings. The lowest BCUT2D eigenvalue weighted by Gasteiger charge is -2.30. The molecule has 0 spiro atoms. The van der Waals surface area contributed by atoms with Crippen LogP contribution in [0.2, 0.25) is 0 Å². The van der Waals surface area contributed by atoms with E-state index >= 15 is 0 Å². The third-order valence-electron chi connectivity index (χ3n) is 3.25. The molecule has 0 radical (unpaired) electrons. The van der Waals surface area contributed by atoms with E-state index in [0.717, 1.165) is 0 Å². The van der Waals surface area contributed by atoms with Crippen LogP contribution in [0.3, 0.4) is 0 Å². The van der Waals surface area contributed by atoms with Gasteiger partial charge in [0.1, 0.15) is 0 Å². The van der Waals surface area contributed by atoms with Crippen LogP contribution in [0.5, 0.6) is 0 Å². The van der Waals surface area contributed by atoms with Crippen LogP contribution in [0.4, 0.5) is 0 Å². The van der Waals surface area contributed by atoms with Crippen LogP contribution in [-0.4, -0.2) is 13.7 Å². The van der Waals surface area contributed by atoms with E-state index in [1.54, 1.807) is 7.11 Å². The summed E-state index contributed by atoms with van der Waals surface area (Å²) in [6.07, 6.45) is 0. The minimum absolute atomic E-state index is 0.0860. The minimum atomic E-state index is -0.0860. The summed E-state index contributed by atoms with van der Waals surface area (Å²) in [6, 6.07) is 21.0. The summed E-state index contributed by atoms with van der Waals surface area (Å²) in [5.74, 6) is 0. The third-order valence-corrected chi connectivity index (χ3v) is 3.25. The van der Waals surface area contributed by atoms with E-state index in [9.17, 15) is 0 Å². The molecule has 2 aromatic carbocycles. The summed E-state index contributed by atoms with van der Waals surface area (Å²) in [5.41, 5.74) is 2.48. The van der Waals surface area contributed by atoms with Gasteiger partial charge in [0, 0.05) is 12.5 Å². The van der Waals surface area contributed by atoms with Crippen molar-refractivity contribution in [2.45, 2.75) is 12.3 Å². The van der Waals surface area contributed by atoms with Crippen LogP contribution >= 0.6 is 0 Å². The molecule has 1 heteroatoms. The lowest BCUT2D eigenvalue weighted by molar-refractivity contribution is 0.155. The van der Waals surface area contributed by atoms with Crippen molar-refractivity contribution in [3.05, 3.63) is 71.8 Å². The van der Waals surface area contributed by atoms with Gasteiger partial charge in [-0.25, -0.2) is 0 Å². The smallest absolute Gasteiger partial charge is 0.0597 e. The molecular weight excluding hydrogens is 208 g/mol. The molecular formula is C16H18O. The number of ether oxygens (including phenoxy) is 1. The van der Waals surface area contributed by atoms with Crippen molar-refractivity contribution in [1.29, 1.82) is 0 Å². The van der Waals surface area contributed by atoms with Gasteiger partial charge in [-0.05, 0) is 18.1 Å². The van der Waals surface area contributed by atoms with E-state index in [-0.39, 0.29) is 5.41 Å². The van der Waals surface area contributed by atoms with Gasteiger partial charge in [0.05, 0.1) is 6.61 Å². The maximum Gasteiger partial charge on any atom is 0.0597 e. The van der Waals surface area contributed by atoms with Crippen molar-refractivity contribution in [2.75, 3.05) is 13.7 Å². The molecule has 0 aliphatic carbocycles. The highest BCUT2D eigenvalue weighted by Gasteiger charge is 2.28. The molecule has 17 heavy (non-hydrogen) atoms. The number of benzene rings is 2. The molecule has 2 rings (SSSR count). The molecule has 0 N–H and O–H groups in total. The zero-order valence-corrected chi connectivity index (χ0v) is 10.4. The molecule has 0 amide bonds. The lowest BCUT2D eigenvalue weighted by atomic mass is 9.77.